The minimum Gasteiger partial charge on any atom is -0.496 e. The summed E-state index contributed by atoms with van der Waals surface area (Å²) in [4.78, 5) is 25.0. The maximum absolute atomic E-state index is 12.4. The zero-order valence-corrected chi connectivity index (χ0v) is 13.2. The molecule has 1 aromatic carbocycles. The quantitative estimate of drug-likeness (QED) is 0.900. The minimum atomic E-state index is -0.842. The Hall–Kier alpha value is -2.24. The summed E-state index contributed by atoms with van der Waals surface area (Å²) in [5, 5.41) is 12.0. The van der Waals surface area contributed by atoms with Crippen molar-refractivity contribution in [2.75, 3.05) is 25.5 Å². The number of piperidine rings is 1. The fourth-order valence-electron chi connectivity index (χ4n) is 2.72. The van der Waals surface area contributed by atoms with Gasteiger partial charge in [-0.25, -0.2) is 4.79 Å². The number of benzene rings is 1. The second kappa shape index (κ2) is 6.68. The van der Waals surface area contributed by atoms with E-state index in [0.717, 1.165) is 16.9 Å². The van der Waals surface area contributed by atoms with Gasteiger partial charge in [0, 0.05) is 24.3 Å². The Bertz CT molecular complexity index is 586. The van der Waals surface area contributed by atoms with E-state index in [2.05, 4.69) is 5.32 Å². The van der Waals surface area contributed by atoms with E-state index < -0.39 is 11.9 Å². The number of methoxy groups -OCH3 is 1. The average Bonchev–Trinajstić information content (AvgIpc) is 2.50. The summed E-state index contributed by atoms with van der Waals surface area (Å²) in [5.74, 6) is -0.601. The number of hydrogen-bond acceptors (Lipinski definition) is 3. The number of aliphatic carboxylic acids is 1. The van der Waals surface area contributed by atoms with Gasteiger partial charge in [0.25, 0.3) is 0 Å². The smallest absolute Gasteiger partial charge is 0.321 e. The van der Waals surface area contributed by atoms with Gasteiger partial charge in [0.05, 0.1) is 13.0 Å². The highest BCUT2D eigenvalue weighted by Crippen LogP contribution is 2.28. The van der Waals surface area contributed by atoms with Crippen molar-refractivity contribution in [2.45, 2.75) is 26.7 Å². The third-order valence-electron chi connectivity index (χ3n) is 4.02. The summed E-state index contributed by atoms with van der Waals surface area (Å²) in [6.07, 6.45) is 1.33. The Morgan fingerprint density at radius 3 is 2.73 bits per heavy atom. The number of likely N-dealkylation sites (tertiary alicyclic amines) is 1. The molecule has 22 heavy (non-hydrogen) atoms. The molecular weight excluding hydrogens is 284 g/mol. The summed E-state index contributed by atoms with van der Waals surface area (Å²) >= 11 is 0. The Balaban J connectivity index is 2.12. The lowest BCUT2D eigenvalue weighted by Gasteiger charge is -2.31. The van der Waals surface area contributed by atoms with Crippen LogP contribution in [0.5, 0.6) is 5.75 Å². The predicted octanol–water partition coefficient (Wildman–Crippen LogP) is 2.64. The van der Waals surface area contributed by atoms with Crippen molar-refractivity contribution in [2.24, 2.45) is 5.92 Å². The minimum absolute atomic E-state index is 0.253. The SMILES string of the molecule is COc1cc(C)cc(NC(=O)N2CCCC(C(=O)O)C2)c1C. The molecule has 0 radical (unpaired) electrons. The van der Waals surface area contributed by atoms with Crippen LogP contribution in [0.3, 0.4) is 0 Å². The monoisotopic (exact) mass is 306 g/mol. The summed E-state index contributed by atoms with van der Waals surface area (Å²) in [6, 6.07) is 3.53. The Morgan fingerprint density at radius 2 is 2.09 bits per heavy atom. The molecule has 1 heterocycles. The molecule has 1 saturated heterocycles. The molecule has 6 heteroatoms. The second-order valence-electron chi connectivity index (χ2n) is 5.69. The Labute approximate surface area is 130 Å². The first-order chi connectivity index (χ1) is 10.4. The van der Waals surface area contributed by atoms with Gasteiger partial charge < -0.3 is 20.1 Å². The van der Waals surface area contributed by atoms with Crippen LogP contribution in [-0.2, 0) is 4.79 Å². The van der Waals surface area contributed by atoms with E-state index in [-0.39, 0.29) is 12.6 Å². The molecule has 2 amide bonds. The fraction of sp³-hybridized carbons (Fsp3) is 0.500. The number of nitrogens with zero attached hydrogens (tertiary/aromatic N) is 1. The number of hydrogen-bond donors (Lipinski definition) is 2. The largest absolute Gasteiger partial charge is 0.496 e. The molecule has 0 spiro atoms. The third kappa shape index (κ3) is 3.50. The van der Waals surface area contributed by atoms with E-state index in [0.29, 0.717) is 25.1 Å². The highest BCUT2D eigenvalue weighted by atomic mass is 16.5. The summed E-state index contributed by atoms with van der Waals surface area (Å²) in [5.41, 5.74) is 2.53. The lowest BCUT2D eigenvalue weighted by molar-refractivity contribution is -0.143. The van der Waals surface area contributed by atoms with Crippen molar-refractivity contribution < 1.29 is 19.4 Å². The number of ether oxygens (including phenoxy) is 1. The lowest BCUT2D eigenvalue weighted by atomic mass is 9.99. The molecule has 0 saturated carbocycles. The van der Waals surface area contributed by atoms with Gasteiger partial charge in [-0.2, -0.15) is 0 Å². The lowest BCUT2D eigenvalue weighted by Crippen LogP contribution is -2.44. The number of anilines is 1. The van der Waals surface area contributed by atoms with Gasteiger partial charge in [0.15, 0.2) is 0 Å². The summed E-state index contributed by atoms with van der Waals surface area (Å²) in [6.45, 7) is 4.64. The molecule has 1 aromatic rings. The van der Waals surface area contributed by atoms with Gasteiger partial charge in [-0.15, -0.1) is 0 Å². The zero-order chi connectivity index (χ0) is 16.3. The van der Waals surface area contributed by atoms with Crippen LogP contribution >= 0.6 is 0 Å². The van der Waals surface area contributed by atoms with Gasteiger partial charge in [-0.3, -0.25) is 4.79 Å². The van der Waals surface area contributed by atoms with Crippen molar-refractivity contribution in [3.05, 3.63) is 23.3 Å². The standard InChI is InChI=1S/C16H22N2O4/c1-10-7-13(11(2)14(8-10)22-3)17-16(21)18-6-4-5-12(9-18)15(19)20/h7-8,12H,4-6,9H2,1-3H3,(H,17,21)(H,19,20). The van der Waals surface area contributed by atoms with Crippen LogP contribution in [0.2, 0.25) is 0 Å². The number of rotatable bonds is 3. The number of urea groups is 1. The first-order valence-electron chi connectivity index (χ1n) is 7.36. The van der Waals surface area contributed by atoms with Gasteiger partial charge in [-0.05, 0) is 44.4 Å². The molecule has 1 aliphatic rings. The number of carbonyl (C=O) groups excluding carboxylic acids is 1. The van der Waals surface area contributed by atoms with Gasteiger partial charge in [0.2, 0.25) is 0 Å². The molecule has 0 bridgehead atoms. The molecule has 2 N–H and O–H groups in total. The van der Waals surface area contributed by atoms with Crippen LogP contribution in [-0.4, -0.2) is 42.2 Å². The molecule has 1 unspecified atom stereocenters. The van der Waals surface area contributed by atoms with Crippen LogP contribution in [0.25, 0.3) is 0 Å². The summed E-state index contributed by atoms with van der Waals surface area (Å²) in [7, 11) is 1.59. The van der Waals surface area contributed by atoms with E-state index in [4.69, 9.17) is 9.84 Å². The number of carboxylic acids is 1. The van der Waals surface area contributed by atoms with Crippen LogP contribution in [0.15, 0.2) is 12.1 Å². The van der Waals surface area contributed by atoms with Crippen LogP contribution in [0, 0.1) is 19.8 Å². The van der Waals surface area contributed by atoms with E-state index in [9.17, 15) is 9.59 Å². The molecule has 6 nitrogen and oxygen atoms in total. The predicted molar refractivity (Wildman–Crippen MR) is 83.4 cm³/mol. The van der Waals surface area contributed by atoms with Gasteiger partial charge in [0.1, 0.15) is 5.75 Å². The van der Waals surface area contributed by atoms with Crippen LogP contribution in [0.1, 0.15) is 24.0 Å². The van der Waals surface area contributed by atoms with Crippen molar-refractivity contribution >= 4 is 17.7 Å². The van der Waals surface area contributed by atoms with Gasteiger partial charge >= 0.3 is 12.0 Å². The number of carbonyl (C=O) groups is 2. The Kier molecular flexibility index (Phi) is 4.90. The number of carboxylic acid groups (broad SMARTS) is 1. The number of nitrogens with one attached hydrogen (secondary N) is 1. The molecule has 2 rings (SSSR count). The second-order valence-corrected chi connectivity index (χ2v) is 5.69. The number of amides is 2. The van der Waals surface area contributed by atoms with Crippen molar-refractivity contribution in [3.8, 4) is 5.75 Å². The third-order valence-corrected chi connectivity index (χ3v) is 4.02. The van der Waals surface area contributed by atoms with E-state index in [1.54, 1.807) is 12.0 Å². The van der Waals surface area contributed by atoms with Gasteiger partial charge in [-0.1, -0.05) is 0 Å². The molecule has 0 aromatic heterocycles. The van der Waals surface area contributed by atoms with Crippen molar-refractivity contribution in [3.63, 3.8) is 0 Å². The summed E-state index contributed by atoms with van der Waals surface area (Å²) < 4.78 is 5.30. The molecule has 0 aliphatic carbocycles. The molecule has 1 atom stereocenters. The zero-order valence-electron chi connectivity index (χ0n) is 13.2. The first kappa shape index (κ1) is 16.1. The molecular formula is C16H22N2O4. The van der Waals surface area contributed by atoms with E-state index in [1.165, 1.54) is 0 Å². The normalized spacial score (nSPS) is 18.0. The van der Waals surface area contributed by atoms with E-state index >= 15 is 0 Å². The van der Waals surface area contributed by atoms with Crippen LogP contribution in [0.4, 0.5) is 10.5 Å². The average molecular weight is 306 g/mol. The molecule has 120 valence electrons. The highest BCUT2D eigenvalue weighted by Gasteiger charge is 2.28. The molecule has 1 fully saturated rings. The molecule has 1 aliphatic heterocycles. The first-order valence-corrected chi connectivity index (χ1v) is 7.36. The Morgan fingerprint density at radius 1 is 1.36 bits per heavy atom. The number of aryl methyl sites for hydroxylation is 1. The maximum atomic E-state index is 12.4. The highest BCUT2D eigenvalue weighted by molar-refractivity contribution is 5.91. The topological polar surface area (TPSA) is 78.9 Å². The van der Waals surface area contributed by atoms with Crippen molar-refractivity contribution in [1.29, 1.82) is 0 Å². The fourth-order valence-corrected chi connectivity index (χ4v) is 2.72. The van der Waals surface area contributed by atoms with Crippen LogP contribution < -0.4 is 10.1 Å². The van der Waals surface area contributed by atoms with E-state index in [1.807, 2.05) is 26.0 Å². The maximum Gasteiger partial charge on any atom is 0.321 e. The van der Waals surface area contributed by atoms with Crippen molar-refractivity contribution in [1.82, 2.24) is 4.90 Å².